The molecule has 0 amide bonds. The highest BCUT2D eigenvalue weighted by Gasteiger charge is 2.11. The van der Waals surface area contributed by atoms with Crippen LogP contribution in [0.3, 0.4) is 0 Å². The Kier molecular flexibility index (Phi) is 5.52. The fourth-order valence-corrected chi connectivity index (χ4v) is 1.63. The fraction of sp³-hybridized carbons (Fsp3) is 0.385. The van der Waals surface area contributed by atoms with Gasteiger partial charge in [0.2, 0.25) is 0 Å². The number of hydrogen-bond donors (Lipinski definition) is 2. The molecule has 0 saturated carbocycles. The van der Waals surface area contributed by atoms with Gasteiger partial charge < -0.3 is 20.5 Å². The summed E-state index contributed by atoms with van der Waals surface area (Å²) < 4.78 is 10.5. The summed E-state index contributed by atoms with van der Waals surface area (Å²) in [4.78, 5) is 0. The normalized spacial score (nSPS) is 11.9. The smallest absolute Gasteiger partial charge is 0.161 e. The predicted molar refractivity (Wildman–Crippen MR) is 69.5 cm³/mol. The van der Waals surface area contributed by atoms with Crippen molar-refractivity contribution in [2.75, 3.05) is 27.3 Å². The van der Waals surface area contributed by atoms with Gasteiger partial charge in [0.1, 0.15) is 0 Å². The molecule has 0 bridgehead atoms. The summed E-state index contributed by atoms with van der Waals surface area (Å²) in [5.74, 6) is 1.43. The minimum absolute atomic E-state index is 0.0906. The fourth-order valence-electron chi connectivity index (χ4n) is 1.63. The van der Waals surface area contributed by atoms with Gasteiger partial charge in [-0.1, -0.05) is 12.1 Å². The zero-order valence-corrected chi connectivity index (χ0v) is 10.4. The predicted octanol–water partition coefficient (Wildman–Crippen LogP) is 1.48. The Balaban J connectivity index is 2.91. The minimum Gasteiger partial charge on any atom is -0.493 e. The second-order valence-electron chi connectivity index (χ2n) is 3.60. The van der Waals surface area contributed by atoms with E-state index in [2.05, 4.69) is 11.9 Å². The van der Waals surface area contributed by atoms with Crippen LogP contribution >= 0.6 is 0 Å². The number of rotatable bonds is 7. The van der Waals surface area contributed by atoms with Crippen molar-refractivity contribution in [1.82, 2.24) is 5.32 Å². The summed E-state index contributed by atoms with van der Waals surface area (Å²) >= 11 is 0. The minimum atomic E-state index is 0.0906. The van der Waals surface area contributed by atoms with Gasteiger partial charge in [-0.3, -0.25) is 0 Å². The molecule has 4 heteroatoms. The Bertz CT molecular complexity index is 366. The second-order valence-corrected chi connectivity index (χ2v) is 3.60. The van der Waals surface area contributed by atoms with Crippen molar-refractivity contribution in [1.29, 1.82) is 0 Å². The van der Waals surface area contributed by atoms with E-state index in [9.17, 15) is 0 Å². The first-order chi connectivity index (χ1) is 8.26. The number of hydrogen-bond acceptors (Lipinski definition) is 4. The zero-order chi connectivity index (χ0) is 12.7. The van der Waals surface area contributed by atoms with Gasteiger partial charge in [0.25, 0.3) is 0 Å². The number of ether oxygens (including phenoxy) is 2. The van der Waals surface area contributed by atoms with Crippen molar-refractivity contribution in [3.8, 4) is 11.5 Å². The van der Waals surface area contributed by atoms with E-state index in [0.29, 0.717) is 12.3 Å². The Hall–Kier alpha value is -1.52. The molecule has 0 aliphatic rings. The highest BCUT2D eigenvalue weighted by atomic mass is 16.5. The molecule has 94 valence electrons. The third-order valence-electron chi connectivity index (χ3n) is 2.55. The van der Waals surface area contributed by atoms with Crippen molar-refractivity contribution in [3.05, 3.63) is 36.4 Å². The van der Waals surface area contributed by atoms with Crippen LogP contribution in [0.5, 0.6) is 11.5 Å². The van der Waals surface area contributed by atoms with Crippen LogP contribution in [0.1, 0.15) is 11.6 Å². The van der Waals surface area contributed by atoms with Crippen LogP contribution in [-0.4, -0.2) is 27.3 Å². The maximum Gasteiger partial charge on any atom is 0.161 e. The van der Waals surface area contributed by atoms with Crippen LogP contribution in [0.25, 0.3) is 0 Å². The maximum absolute atomic E-state index is 5.74. The summed E-state index contributed by atoms with van der Waals surface area (Å²) in [6, 6.07) is 5.89. The van der Waals surface area contributed by atoms with Crippen LogP contribution in [0.15, 0.2) is 30.9 Å². The topological polar surface area (TPSA) is 56.5 Å². The molecule has 1 unspecified atom stereocenters. The molecular weight excluding hydrogens is 216 g/mol. The van der Waals surface area contributed by atoms with Gasteiger partial charge in [0, 0.05) is 19.1 Å². The monoisotopic (exact) mass is 236 g/mol. The van der Waals surface area contributed by atoms with Crippen LogP contribution in [0.2, 0.25) is 0 Å². The first-order valence-corrected chi connectivity index (χ1v) is 5.53. The van der Waals surface area contributed by atoms with E-state index in [1.54, 1.807) is 14.2 Å². The number of methoxy groups -OCH3 is 2. The maximum atomic E-state index is 5.74. The lowest BCUT2D eigenvalue weighted by atomic mass is 10.1. The SMILES string of the molecule is C=CCNC(CN)c1ccc(OC)c(OC)c1. The molecule has 0 aliphatic heterocycles. The lowest BCUT2D eigenvalue weighted by Gasteiger charge is -2.18. The van der Waals surface area contributed by atoms with Gasteiger partial charge in [-0.05, 0) is 17.7 Å². The highest BCUT2D eigenvalue weighted by molar-refractivity contribution is 5.43. The van der Waals surface area contributed by atoms with Crippen molar-refractivity contribution in [2.24, 2.45) is 5.73 Å². The Morgan fingerprint density at radius 3 is 2.59 bits per heavy atom. The molecule has 1 atom stereocenters. The van der Waals surface area contributed by atoms with E-state index in [1.807, 2.05) is 24.3 Å². The highest BCUT2D eigenvalue weighted by Crippen LogP contribution is 2.29. The molecule has 0 heterocycles. The molecule has 0 aromatic heterocycles. The van der Waals surface area contributed by atoms with Gasteiger partial charge in [-0.15, -0.1) is 6.58 Å². The third-order valence-corrected chi connectivity index (χ3v) is 2.55. The van der Waals surface area contributed by atoms with Gasteiger partial charge >= 0.3 is 0 Å². The van der Waals surface area contributed by atoms with Gasteiger partial charge in [0.15, 0.2) is 11.5 Å². The second kappa shape index (κ2) is 6.93. The quantitative estimate of drug-likeness (QED) is 0.704. The average molecular weight is 236 g/mol. The lowest BCUT2D eigenvalue weighted by Crippen LogP contribution is -2.28. The molecule has 0 spiro atoms. The molecule has 0 fully saturated rings. The number of benzene rings is 1. The van der Waals surface area contributed by atoms with Crippen LogP contribution in [-0.2, 0) is 0 Å². The largest absolute Gasteiger partial charge is 0.493 e. The molecule has 1 aromatic rings. The molecule has 1 rings (SSSR count). The van der Waals surface area contributed by atoms with E-state index < -0.39 is 0 Å². The average Bonchev–Trinajstić information content (AvgIpc) is 2.39. The van der Waals surface area contributed by atoms with E-state index in [0.717, 1.165) is 17.9 Å². The summed E-state index contributed by atoms with van der Waals surface area (Å²) in [5.41, 5.74) is 6.81. The molecule has 17 heavy (non-hydrogen) atoms. The van der Waals surface area contributed by atoms with Crippen molar-refractivity contribution in [3.63, 3.8) is 0 Å². The molecule has 0 aliphatic carbocycles. The van der Waals surface area contributed by atoms with Crippen molar-refractivity contribution >= 4 is 0 Å². The number of nitrogens with two attached hydrogens (primary N) is 1. The molecular formula is C13H20N2O2. The zero-order valence-electron chi connectivity index (χ0n) is 10.4. The van der Waals surface area contributed by atoms with Gasteiger partial charge in [-0.2, -0.15) is 0 Å². The van der Waals surface area contributed by atoms with E-state index in [1.165, 1.54) is 0 Å². The van der Waals surface area contributed by atoms with Crippen LogP contribution in [0.4, 0.5) is 0 Å². The van der Waals surface area contributed by atoms with Crippen molar-refractivity contribution in [2.45, 2.75) is 6.04 Å². The van der Waals surface area contributed by atoms with Gasteiger partial charge in [-0.25, -0.2) is 0 Å². The summed E-state index contributed by atoms with van der Waals surface area (Å²) in [7, 11) is 3.24. The summed E-state index contributed by atoms with van der Waals surface area (Å²) in [6.45, 7) is 4.91. The molecule has 3 N–H and O–H groups in total. The van der Waals surface area contributed by atoms with E-state index in [4.69, 9.17) is 15.2 Å². The molecule has 4 nitrogen and oxygen atoms in total. The van der Waals surface area contributed by atoms with Gasteiger partial charge in [0.05, 0.1) is 14.2 Å². The molecule has 0 saturated heterocycles. The first-order valence-electron chi connectivity index (χ1n) is 5.53. The summed E-state index contributed by atoms with van der Waals surface area (Å²) in [6.07, 6.45) is 1.81. The standard InChI is InChI=1S/C13H20N2O2/c1-4-7-15-11(9-14)10-5-6-12(16-2)13(8-10)17-3/h4-6,8,11,15H,1,7,9,14H2,2-3H3. The van der Waals surface area contributed by atoms with Crippen LogP contribution in [0, 0.1) is 0 Å². The third kappa shape index (κ3) is 3.47. The lowest BCUT2D eigenvalue weighted by molar-refractivity contribution is 0.354. The molecule has 0 radical (unpaired) electrons. The van der Waals surface area contributed by atoms with Crippen LogP contribution < -0.4 is 20.5 Å². The first kappa shape index (κ1) is 13.5. The van der Waals surface area contributed by atoms with Crippen molar-refractivity contribution < 1.29 is 9.47 Å². The Morgan fingerprint density at radius 1 is 1.35 bits per heavy atom. The summed E-state index contributed by atoms with van der Waals surface area (Å²) in [5, 5.41) is 3.28. The van der Waals surface area contributed by atoms with E-state index >= 15 is 0 Å². The Labute approximate surface area is 102 Å². The van der Waals surface area contributed by atoms with E-state index in [-0.39, 0.29) is 6.04 Å². The Morgan fingerprint density at radius 2 is 2.06 bits per heavy atom. The molecule has 1 aromatic carbocycles. The number of nitrogens with one attached hydrogen (secondary N) is 1.